The van der Waals surface area contributed by atoms with Gasteiger partial charge in [-0.2, -0.15) is 5.26 Å². The maximum atomic E-state index is 9.00. The fourth-order valence-corrected chi connectivity index (χ4v) is 1.77. The van der Waals surface area contributed by atoms with Crippen LogP contribution in [0.15, 0.2) is 29.3 Å². The van der Waals surface area contributed by atoms with Gasteiger partial charge in [-0.05, 0) is 35.8 Å². The van der Waals surface area contributed by atoms with Gasteiger partial charge in [0.15, 0.2) is 0 Å². The van der Waals surface area contributed by atoms with Gasteiger partial charge in [0, 0.05) is 17.8 Å². The van der Waals surface area contributed by atoms with Gasteiger partial charge in [0.25, 0.3) is 0 Å². The molecular formula is C12H9ClN2. The monoisotopic (exact) mass is 216 g/mol. The maximum Gasteiger partial charge on any atom is 0.0998 e. The lowest BCUT2D eigenvalue weighted by molar-refractivity contribution is 1.02. The number of rotatable bonds is 1. The Labute approximate surface area is 93.5 Å². The summed E-state index contributed by atoms with van der Waals surface area (Å²) in [6, 6.07) is 7.57. The highest BCUT2D eigenvalue weighted by molar-refractivity contribution is 6.30. The van der Waals surface area contributed by atoms with Gasteiger partial charge in [0.05, 0.1) is 11.6 Å². The van der Waals surface area contributed by atoms with Crippen LogP contribution in [0.3, 0.4) is 0 Å². The highest BCUT2D eigenvalue weighted by atomic mass is 35.5. The first kappa shape index (κ1) is 9.95. The van der Waals surface area contributed by atoms with Crippen molar-refractivity contribution in [3.8, 4) is 6.07 Å². The highest BCUT2D eigenvalue weighted by Gasteiger charge is 2.09. The summed E-state index contributed by atoms with van der Waals surface area (Å²) in [6.07, 6.45) is 4.62. The Balaban J connectivity index is 2.48. The number of dihydropyridines is 1. The molecular weight excluding hydrogens is 208 g/mol. The number of aliphatic imine (C=N–C) groups is 1. The van der Waals surface area contributed by atoms with Gasteiger partial charge in [0.1, 0.15) is 0 Å². The summed E-state index contributed by atoms with van der Waals surface area (Å²) in [4.78, 5) is 4.12. The zero-order valence-corrected chi connectivity index (χ0v) is 8.83. The largest absolute Gasteiger partial charge is 0.293 e. The van der Waals surface area contributed by atoms with E-state index in [4.69, 9.17) is 16.9 Å². The molecule has 1 aliphatic rings. The summed E-state index contributed by atoms with van der Waals surface area (Å²) < 4.78 is 0. The van der Waals surface area contributed by atoms with E-state index in [-0.39, 0.29) is 0 Å². The van der Waals surface area contributed by atoms with E-state index in [1.807, 2.05) is 18.2 Å². The maximum absolute atomic E-state index is 9.00. The molecule has 3 heteroatoms. The SMILES string of the molecule is N#Cc1cc(Cl)ccc1C1=CC=NCC1. The minimum Gasteiger partial charge on any atom is -0.293 e. The molecule has 1 aliphatic heterocycles. The van der Waals surface area contributed by atoms with E-state index in [0.29, 0.717) is 10.6 Å². The van der Waals surface area contributed by atoms with Crippen molar-refractivity contribution in [2.24, 2.45) is 4.99 Å². The Morgan fingerprint density at radius 2 is 2.27 bits per heavy atom. The topological polar surface area (TPSA) is 36.1 Å². The van der Waals surface area contributed by atoms with Crippen LogP contribution in [0, 0.1) is 11.3 Å². The second-order valence-corrected chi connectivity index (χ2v) is 3.74. The van der Waals surface area contributed by atoms with Crippen LogP contribution in [0.1, 0.15) is 17.5 Å². The number of nitrogens with zero attached hydrogens (tertiary/aromatic N) is 2. The van der Waals surface area contributed by atoms with E-state index in [1.165, 1.54) is 0 Å². The normalized spacial score (nSPS) is 14.5. The fourth-order valence-electron chi connectivity index (χ4n) is 1.60. The molecule has 0 amide bonds. The number of hydrogen-bond acceptors (Lipinski definition) is 2. The van der Waals surface area contributed by atoms with Crippen molar-refractivity contribution in [2.45, 2.75) is 6.42 Å². The van der Waals surface area contributed by atoms with Crippen LogP contribution in [0.4, 0.5) is 0 Å². The number of benzene rings is 1. The third-order valence-corrected chi connectivity index (χ3v) is 2.57. The van der Waals surface area contributed by atoms with E-state index in [9.17, 15) is 0 Å². The van der Waals surface area contributed by atoms with E-state index >= 15 is 0 Å². The smallest absolute Gasteiger partial charge is 0.0998 e. The Morgan fingerprint density at radius 1 is 1.40 bits per heavy atom. The molecule has 0 saturated carbocycles. The summed E-state index contributed by atoms with van der Waals surface area (Å²) >= 11 is 5.84. The van der Waals surface area contributed by atoms with Crippen molar-refractivity contribution < 1.29 is 0 Å². The fraction of sp³-hybridized carbons (Fsp3) is 0.167. The molecule has 1 aromatic carbocycles. The molecule has 74 valence electrons. The molecule has 0 spiro atoms. The molecule has 0 bridgehead atoms. The predicted molar refractivity (Wildman–Crippen MR) is 62.1 cm³/mol. The second kappa shape index (κ2) is 4.29. The third-order valence-electron chi connectivity index (χ3n) is 2.34. The van der Waals surface area contributed by atoms with Crippen LogP contribution < -0.4 is 0 Å². The quantitative estimate of drug-likeness (QED) is 0.711. The minimum absolute atomic E-state index is 0.598. The molecule has 2 rings (SSSR count). The van der Waals surface area contributed by atoms with E-state index in [1.54, 1.807) is 12.3 Å². The van der Waals surface area contributed by atoms with Gasteiger partial charge in [0.2, 0.25) is 0 Å². The molecule has 0 atom stereocenters. The summed E-state index contributed by atoms with van der Waals surface area (Å²) in [6.45, 7) is 0.791. The zero-order chi connectivity index (χ0) is 10.7. The molecule has 0 radical (unpaired) electrons. The summed E-state index contributed by atoms with van der Waals surface area (Å²) in [5, 5.41) is 9.60. The number of halogens is 1. The van der Waals surface area contributed by atoms with Gasteiger partial charge in [-0.25, -0.2) is 0 Å². The first-order chi connectivity index (χ1) is 7.31. The van der Waals surface area contributed by atoms with Gasteiger partial charge >= 0.3 is 0 Å². The standard InChI is InChI=1S/C12H9ClN2/c13-11-1-2-12(10(7-11)8-14)9-3-5-15-6-4-9/h1-3,5,7H,4,6H2. The number of allylic oxidation sites excluding steroid dienone is 1. The van der Waals surface area contributed by atoms with Gasteiger partial charge in [-0.3, -0.25) is 4.99 Å². The van der Waals surface area contributed by atoms with Crippen molar-refractivity contribution in [1.82, 2.24) is 0 Å². The van der Waals surface area contributed by atoms with Crippen molar-refractivity contribution in [3.05, 3.63) is 40.4 Å². The van der Waals surface area contributed by atoms with Crippen molar-refractivity contribution in [1.29, 1.82) is 5.26 Å². The summed E-state index contributed by atoms with van der Waals surface area (Å²) in [5.74, 6) is 0. The Kier molecular flexibility index (Phi) is 2.84. The molecule has 0 aliphatic carbocycles. The predicted octanol–water partition coefficient (Wildman–Crippen LogP) is 3.07. The van der Waals surface area contributed by atoms with Crippen LogP contribution in [0.25, 0.3) is 5.57 Å². The van der Waals surface area contributed by atoms with E-state index in [2.05, 4.69) is 11.1 Å². The Bertz CT molecular complexity index is 481. The summed E-state index contributed by atoms with van der Waals surface area (Å²) in [5.41, 5.74) is 2.75. The lowest BCUT2D eigenvalue weighted by atomic mass is 9.97. The van der Waals surface area contributed by atoms with E-state index < -0.39 is 0 Å². The molecule has 0 saturated heterocycles. The molecule has 0 fully saturated rings. The first-order valence-corrected chi connectivity index (χ1v) is 5.08. The van der Waals surface area contributed by atoms with Crippen LogP contribution in [0.2, 0.25) is 5.02 Å². The minimum atomic E-state index is 0.598. The van der Waals surface area contributed by atoms with Crippen LogP contribution >= 0.6 is 11.6 Å². The average molecular weight is 217 g/mol. The molecule has 15 heavy (non-hydrogen) atoms. The van der Waals surface area contributed by atoms with Gasteiger partial charge in [-0.1, -0.05) is 17.7 Å². The van der Waals surface area contributed by atoms with Gasteiger partial charge in [-0.15, -0.1) is 0 Å². The van der Waals surface area contributed by atoms with E-state index in [0.717, 1.165) is 24.1 Å². The highest BCUT2D eigenvalue weighted by Crippen LogP contribution is 2.25. The third kappa shape index (κ3) is 2.08. The molecule has 1 heterocycles. The van der Waals surface area contributed by atoms with Crippen LogP contribution in [0.5, 0.6) is 0 Å². The Hall–Kier alpha value is -1.59. The second-order valence-electron chi connectivity index (χ2n) is 3.30. The molecule has 0 N–H and O–H groups in total. The first-order valence-electron chi connectivity index (χ1n) is 4.70. The van der Waals surface area contributed by atoms with Crippen molar-refractivity contribution in [3.63, 3.8) is 0 Å². The van der Waals surface area contributed by atoms with Crippen LogP contribution in [-0.4, -0.2) is 12.8 Å². The molecule has 1 aromatic rings. The number of hydrogen-bond donors (Lipinski definition) is 0. The van der Waals surface area contributed by atoms with Crippen molar-refractivity contribution in [2.75, 3.05) is 6.54 Å². The van der Waals surface area contributed by atoms with Crippen LogP contribution in [-0.2, 0) is 0 Å². The Morgan fingerprint density at radius 3 is 2.93 bits per heavy atom. The lowest BCUT2D eigenvalue weighted by Gasteiger charge is -2.10. The van der Waals surface area contributed by atoms with Gasteiger partial charge < -0.3 is 0 Å². The zero-order valence-electron chi connectivity index (χ0n) is 8.07. The summed E-state index contributed by atoms with van der Waals surface area (Å²) in [7, 11) is 0. The number of nitriles is 1. The van der Waals surface area contributed by atoms with Crippen molar-refractivity contribution >= 4 is 23.4 Å². The lowest BCUT2D eigenvalue weighted by Crippen LogP contribution is -1.96. The average Bonchev–Trinajstić information content (AvgIpc) is 2.30. The molecule has 2 nitrogen and oxygen atoms in total. The molecule has 0 aromatic heterocycles. The molecule has 0 unspecified atom stereocenters.